The normalized spacial score (nSPS) is 11.4. The standard InChI is InChI=1S/C15H16ClN9O2/c1-24(2)8-11-12(19-23-25(11)14-13(17)21-27-22-14)15(26)20-18-7-9-3-5-10(16)6-4-9/h3-7H,8H2,1-2H3,(H2,17,21)(H,20,26)/p+1/b18-7-. The first-order valence-corrected chi connectivity index (χ1v) is 8.24. The van der Waals surface area contributed by atoms with Crippen molar-refractivity contribution < 1.29 is 14.3 Å². The highest BCUT2D eigenvalue weighted by Gasteiger charge is 2.25. The lowest BCUT2D eigenvalue weighted by atomic mass is 10.2. The average molecular weight is 391 g/mol. The molecule has 0 saturated heterocycles. The summed E-state index contributed by atoms with van der Waals surface area (Å²) in [5, 5.41) is 19.7. The molecule has 3 aromatic rings. The molecule has 0 unspecified atom stereocenters. The molecule has 0 spiro atoms. The van der Waals surface area contributed by atoms with E-state index < -0.39 is 5.91 Å². The van der Waals surface area contributed by atoms with Crippen molar-refractivity contribution in [2.75, 3.05) is 19.8 Å². The van der Waals surface area contributed by atoms with Crippen molar-refractivity contribution in [3.8, 4) is 5.82 Å². The quantitative estimate of drug-likeness (QED) is 0.373. The van der Waals surface area contributed by atoms with Gasteiger partial charge in [0.15, 0.2) is 5.69 Å². The number of nitrogen functional groups attached to an aromatic ring is 1. The van der Waals surface area contributed by atoms with Crippen molar-refractivity contribution in [1.29, 1.82) is 0 Å². The van der Waals surface area contributed by atoms with Crippen LogP contribution in [0.15, 0.2) is 34.0 Å². The smallest absolute Gasteiger partial charge is 0.294 e. The van der Waals surface area contributed by atoms with Gasteiger partial charge in [-0.1, -0.05) is 28.9 Å². The number of nitrogens with zero attached hydrogens (tertiary/aromatic N) is 6. The van der Waals surface area contributed by atoms with E-state index in [2.05, 4.69) is 35.8 Å². The molecule has 0 radical (unpaired) electrons. The van der Waals surface area contributed by atoms with Gasteiger partial charge in [-0.15, -0.1) is 5.10 Å². The Morgan fingerprint density at radius 1 is 1.37 bits per heavy atom. The monoisotopic (exact) mass is 390 g/mol. The second kappa shape index (κ2) is 7.93. The lowest BCUT2D eigenvalue weighted by Gasteiger charge is -2.08. The third-order valence-electron chi connectivity index (χ3n) is 3.45. The zero-order valence-corrected chi connectivity index (χ0v) is 15.3. The molecule has 1 amide bonds. The summed E-state index contributed by atoms with van der Waals surface area (Å²) in [6, 6.07) is 7.00. The Balaban J connectivity index is 1.82. The fraction of sp³-hybridized carbons (Fsp3) is 0.200. The van der Waals surface area contributed by atoms with E-state index in [-0.39, 0.29) is 17.3 Å². The first kappa shape index (κ1) is 18.5. The van der Waals surface area contributed by atoms with Gasteiger partial charge >= 0.3 is 0 Å². The Kier molecular flexibility index (Phi) is 5.43. The van der Waals surface area contributed by atoms with Crippen LogP contribution < -0.4 is 16.1 Å². The summed E-state index contributed by atoms with van der Waals surface area (Å²) in [4.78, 5) is 13.5. The SMILES string of the molecule is C[NH+](C)Cc1c(C(=O)N/N=C\c2ccc(Cl)cc2)nnn1-c1nonc1N. The maximum atomic E-state index is 12.5. The molecule has 0 aliphatic heterocycles. The molecule has 1 aromatic carbocycles. The lowest BCUT2D eigenvalue weighted by molar-refractivity contribution is -0.873. The topological polar surface area (TPSA) is 142 Å². The molecule has 0 aliphatic rings. The van der Waals surface area contributed by atoms with Gasteiger partial charge in [0.25, 0.3) is 5.91 Å². The van der Waals surface area contributed by atoms with E-state index in [9.17, 15) is 4.79 Å². The van der Waals surface area contributed by atoms with Crippen LogP contribution in [0.2, 0.25) is 5.02 Å². The third-order valence-corrected chi connectivity index (χ3v) is 3.70. The third kappa shape index (κ3) is 4.27. The van der Waals surface area contributed by atoms with Gasteiger partial charge in [-0.25, -0.2) is 10.1 Å². The van der Waals surface area contributed by atoms with Crippen LogP contribution in [0, 0.1) is 0 Å². The van der Waals surface area contributed by atoms with Crippen LogP contribution in [0.1, 0.15) is 21.7 Å². The highest BCUT2D eigenvalue weighted by Crippen LogP contribution is 2.15. The molecule has 27 heavy (non-hydrogen) atoms. The summed E-state index contributed by atoms with van der Waals surface area (Å²) in [5.41, 5.74) is 9.53. The van der Waals surface area contributed by atoms with Crippen molar-refractivity contribution in [2.45, 2.75) is 6.54 Å². The molecule has 2 heterocycles. The second-order valence-electron chi connectivity index (χ2n) is 5.90. The maximum Gasteiger partial charge on any atom is 0.294 e. The van der Waals surface area contributed by atoms with E-state index >= 15 is 0 Å². The van der Waals surface area contributed by atoms with Crippen LogP contribution in [-0.2, 0) is 6.54 Å². The molecule has 140 valence electrons. The summed E-state index contributed by atoms with van der Waals surface area (Å²) in [6.07, 6.45) is 1.50. The van der Waals surface area contributed by atoms with Crippen LogP contribution in [0.4, 0.5) is 5.82 Å². The maximum absolute atomic E-state index is 12.5. The Bertz CT molecular complexity index is 962. The van der Waals surface area contributed by atoms with Crippen molar-refractivity contribution in [3.63, 3.8) is 0 Å². The lowest BCUT2D eigenvalue weighted by Crippen LogP contribution is -3.04. The van der Waals surface area contributed by atoms with Crippen LogP contribution in [0.25, 0.3) is 5.82 Å². The Morgan fingerprint density at radius 2 is 2.11 bits per heavy atom. The minimum absolute atomic E-state index is 0.0441. The molecule has 4 N–H and O–H groups in total. The molecule has 2 aromatic heterocycles. The number of rotatable bonds is 6. The molecule has 0 fully saturated rings. The molecule has 0 aliphatic carbocycles. The number of carbonyl (C=O) groups is 1. The number of aromatic nitrogens is 5. The van der Waals surface area contributed by atoms with Crippen LogP contribution in [0.3, 0.4) is 0 Å². The molecule has 0 atom stereocenters. The van der Waals surface area contributed by atoms with E-state index in [0.29, 0.717) is 17.3 Å². The molecular formula is C15H17ClN9O2+. The van der Waals surface area contributed by atoms with Crippen LogP contribution in [-0.4, -0.2) is 51.5 Å². The highest BCUT2D eigenvalue weighted by molar-refractivity contribution is 6.30. The summed E-state index contributed by atoms with van der Waals surface area (Å²) < 4.78 is 5.93. The van der Waals surface area contributed by atoms with Crippen molar-refractivity contribution >= 4 is 29.5 Å². The summed E-state index contributed by atoms with van der Waals surface area (Å²) >= 11 is 5.83. The summed E-state index contributed by atoms with van der Waals surface area (Å²) in [6.45, 7) is 0.433. The Hall–Kier alpha value is -3.31. The number of hydrogen-bond donors (Lipinski definition) is 3. The van der Waals surface area contributed by atoms with Crippen molar-refractivity contribution in [3.05, 3.63) is 46.2 Å². The number of nitrogens with one attached hydrogen (secondary N) is 2. The number of amides is 1. The van der Waals surface area contributed by atoms with Crippen LogP contribution >= 0.6 is 11.6 Å². The molecule has 11 nitrogen and oxygen atoms in total. The number of anilines is 1. The Morgan fingerprint density at radius 3 is 2.74 bits per heavy atom. The van der Waals surface area contributed by atoms with E-state index in [1.54, 1.807) is 24.3 Å². The zero-order chi connectivity index (χ0) is 19.4. The molecular weight excluding hydrogens is 374 g/mol. The summed E-state index contributed by atoms with van der Waals surface area (Å²) in [7, 11) is 3.84. The number of halogens is 1. The van der Waals surface area contributed by atoms with E-state index in [1.807, 2.05) is 14.1 Å². The van der Waals surface area contributed by atoms with Gasteiger partial charge in [-0.2, -0.15) is 9.78 Å². The first-order valence-electron chi connectivity index (χ1n) is 7.86. The van der Waals surface area contributed by atoms with Gasteiger partial charge in [-0.05, 0) is 28.0 Å². The van der Waals surface area contributed by atoms with Crippen LogP contribution in [0.5, 0.6) is 0 Å². The highest BCUT2D eigenvalue weighted by atomic mass is 35.5. The number of benzene rings is 1. The second-order valence-corrected chi connectivity index (χ2v) is 6.34. The predicted octanol–water partition coefficient (Wildman–Crippen LogP) is -0.706. The molecule has 3 rings (SSSR count). The average Bonchev–Trinajstić information content (AvgIpc) is 3.22. The fourth-order valence-corrected chi connectivity index (χ4v) is 2.37. The molecule has 12 heteroatoms. The number of quaternary nitrogens is 1. The minimum Gasteiger partial charge on any atom is -0.378 e. The van der Waals surface area contributed by atoms with Gasteiger partial charge in [0.2, 0.25) is 11.6 Å². The van der Waals surface area contributed by atoms with E-state index in [1.165, 1.54) is 10.9 Å². The fourth-order valence-electron chi connectivity index (χ4n) is 2.25. The molecule has 0 bridgehead atoms. The van der Waals surface area contributed by atoms with Gasteiger partial charge < -0.3 is 10.6 Å². The summed E-state index contributed by atoms with van der Waals surface area (Å²) in [5.74, 6) is -0.303. The number of hydrogen-bond acceptors (Lipinski definition) is 8. The van der Waals surface area contributed by atoms with Gasteiger partial charge in [-0.3, -0.25) is 4.79 Å². The number of carbonyl (C=O) groups excluding carboxylic acids is 1. The van der Waals surface area contributed by atoms with E-state index in [0.717, 1.165) is 10.5 Å². The zero-order valence-electron chi connectivity index (χ0n) is 14.5. The first-order chi connectivity index (χ1) is 13.0. The predicted molar refractivity (Wildman–Crippen MR) is 96.7 cm³/mol. The Labute approximate surface area is 158 Å². The van der Waals surface area contributed by atoms with Crippen molar-refractivity contribution in [2.24, 2.45) is 5.10 Å². The molecule has 0 saturated carbocycles. The van der Waals surface area contributed by atoms with Gasteiger partial charge in [0.05, 0.1) is 20.3 Å². The van der Waals surface area contributed by atoms with Gasteiger partial charge in [0.1, 0.15) is 12.2 Å². The number of hydrazone groups is 1. The largest absolute Gasteiger partial charge is 0.378 e. The van der Waals surface area contributed by atoms with E-state index in [4.69, 9.17) is 17.3 Å². The number of nitrogens with two attached hydrogens (primary N) is 1. The van der Waals surface area contributed by atoms with Gasteiger partial charge in [0, 0.05) is 5.02 Å². The minimum atomic E-state index is -0.516. The van der Waals surface area contributed by atoms with Crippen molar-refractivity contribution in [1.82, 2.24) is 30.7 Å².